The van der Waals surface area contributed by atoms with E-state index in [2.05, 4.69) is 5.32 Å². The summed E-state index contributed by atoms with van der Waals surface area (Å²) in [6.45, 7) is 5.26. The van der Waals surface area contributed by atoms with Gasteiger partial charge in [0.2, 0.25) is 21.8 Å². The monoisotopic (exact) mass is 535 g/mol. The van der Waals surface area contributed by atoms with Crippen LogP contribution in [0.2, 0.25) is 5.02 Å². The Hall–Kier alpha value is -2.91. The minimum absolute atomic E-state index is 0.0980. The smallest absolute Gasteiger partial charge is 0.244 e. The summed E-state index contributed by atoms with van der Waals surface area (Å²) < 4.78 is 26.3. The lowest BCUT2D eigenvalue weighted by atomic mass is 10.1. The highest BCUT2D eigenvalue weighted by molar-refractivity contribution is 7.92. The van der Waals surface area contributed by atoms with Crippen molar-refractivity contribution in [3.63, 3.8) is 0 Å². The molecule has 0 spiro atoms. The fourth-order valence-corrected chi connectivity index (χ4v) is 4.67. The van der Waals surface area contributed by atoms with Gasteiger partial charge in [-0.3, -0.25) is 18.7 Å². The van der Waals surface area contributed by atoms with Crippen LogP contribution in [0.3, 0.4) is 0 Å². The Bertz CT molecular complexity index is 1170. The number of hydrogen-bond donors (Lipinski definition) is 1. The van der Waals surface area contributed by atoms with Crippen LogP contribution in [0.5, 0.6) is 0 Å². The van der Waals surface area contributed by atoms with Crippen molar-refractivity contribution in [2.24, 2.45) is 0 Å². The molecule has 0 saturated carbocycles. The van der Waals surface area contributed by atoms with E-state index in [1.165, 1.54) is 24.0 Å². The molecule has 2 aromatic carbocycles. The highest BCUT2D eigenvalue weighted by Gasteiger charge is 2.31. The number of nitrogens with one attached hydrogen (secondary N) is 1. The van der Waals surface area contributed by atoms with Gasteiger partial charge in [-0.25, -0.2) is 8.42 Å². The Morgan fingerprint density at radius 3 is 2.28 bits per heavy atom. The predicted molar refractivity (Wildman–Crippen MR) is 143 cm³/mol. The van der Waals surface area contributed by atoms with E-state index in [9.17, 15) is 22.8 Å². The van der Waals surface area contributed by atoms with Gasteiger partial charge in [0, 0.05) is 23.7 Å². The minimum Gasteiger partial charge on any atom is -0.354 e. The molecule has 0 heterocycles. The molecule has 1 atom stereocenters. The van der Waals surface area contributed by atoms with Gasteiger partial charge in [-0.05, 0) is 49.6 Å². The van der Waals surface area contributed by atoms with Gasteiger partial charge < -0.3 is 10.2 Å². The quantitative estimate of drug-likeness (QED) is 0.308. The molecule has 10 heteroatoms. The highest BCUT2D eigenvalue weighted by atomic mass is 35.5. The summed E-state index contributed by atoms with van der Waals surface area (Å²) in [5.74, 6) is -1.06. The van der Waals surface area contributed by atoms with Crippen molar-refractivity contribution in [1.29, 1.82) is 0 Å². The first kappa shape index (κ1) is 29.3. The number of halogens is 1. The predicted octanol–water partition coefficient (Wildman–Crippen LogP) is 4.03. The Morgan fingerprint density at radius 1 is 1.06 bits per heavy atom. The van der Waals surface area contributed by atoms with E-state index in [1.54, 1.807) is 43.3 Å². The number of sulfonamides is 1. The Labute approximate surface area is 218 Å². The first-order chi connectivity index (χ1) is 17.0. The maximum absolute atomic E-state index is 13.6. The molecular weight excluding hydrogens is 502 g/mol. The van der Waals surface area contributed by atoms with Crippen LogP contribution in [0.25, 0.3) is 0 Å². The second kappa shape index (κ2) is 13.4. The Morgan fingerprint density at radius 2 is 1.72 bits per heavy atom. The maximum Gasteiger partial charge on any atom is 0.244 e. The van der Waals surface area contributed by atoms with Crippen LogP contribution in [-0.4, -0.2) is 56.3 Å². The van der Waals surface area contributed by atoms with Crippen LogP contribution in [0.15, 0.2) is 48.5 Å². The maximum atomic E-state index is 13.6. The second-order valence-corrected chi connectivity index (χ2v) is 10.9. The summed E-state index contributed by atoms with van der Waals surface area (Å²) in [6.07, 6.45) is 3.06. The number of rotatable bonds is 13. The van der Waals surface area contributed by atoms with Crippen molar-refractivity contribution in [3.05, 3.63) is 64.7 Å². The van der Waals surface area contributed by atoms with Crippen LogP contribution in [0.4, 0.5) is 5.69 Å². The average Bonchev–Trinajstić information content (AvgIpc) is 2.83. The van der Waals surface area contributed by atoms with Gasteiger partial charge in [0.1, 0.15) is 12.6 Å². The first-order valence-corrected chi connectivity index (χ1v) is 14.1. The molecule has 0 fully saturated rings. The van der Waals surface area contributed by atoms with E-state index in [-0.39, 0.29) is 23.9 Å². The van der Waals surface area contributed by atoms with Crippen molar-refractivity contribution in [1.82, 2.24) is 10.2 Å². The number of nitrogens with zero attached hydrogens (tertiary/aromatic N) is 2. The van der Waals surface area contributed by atoms with E-state index < -0.39 is 28.5 Å². The van der Waals surface area contributed by atoms with Crippen molar-refractivity contribution < 1.29 is 22.8 Å². The number of hydrogen-bond acceptors (Lipinski definition) is 5. The lowest BCUT2D eigenvalue weighted by molar-refractivity contribution is -0.140. The fraction of sp³-hybridized carbons (Fsp3) is 0.423. The van der Waals surface area contributed by atoms with Gasteiger partial charge in [0.15, 0.2) is 5.78 Å². The second-order valence-electron chi connectivity index (χ2n) is 8.59. The van der Waals surface area contributed by atoms with Crippen molar-refractivity contribution in [2.45, 2.75) is 52.6 Å². The molecule has 0 bridgehead atoms. The zero-order valence-electron chi connectivity index (χ0n) is 21.2. The molecule has 0 aliphatic rings. The number of amides is 2. The topological polar surface area (TPSA) is 104 Å². The molecule has 2 rings (SSSR count). The average molecular weight is 536 g/mol. The fourth-order valence-electron chi connectivity index (χ4n) is 3.71. The molecule has 0 unspecified atom stereocenters. The van der Waals surface area contributed by atoms with Crippen molar-refractivity contribution in [3.8, 4) is 0 Å². The zero-order valence-corrected chi connectivity index (χ0v) is 22.7. The summed E-state index contributed by atoms with van der Waals surface area (Å²) in [4.78, 5) is 39.9. The van der Waals surface area contributed by atoms with Crippen LogP contribution in [0.1, 0.15) is 56.0 Å². The summed E-state index contributed by atoms with van der Waals surface area (Å²) in [7, 11) is -3.88. The Balaban J connectivity index is 2.43. The SMILES string of the molecule is CCCCNC(=O)[C@H](CC)N(Cc1ccc(Cl)cc1)C(=O)CN(c1cccc(C(C)=O)c1)S(C)(=O)=O. The standard InChI is InChI=1S/C26H34ClN3O5S/c1-5-7-15-28-26(33)24(6-2)29(17-20-11-13-22(27)14-12-20)25(32)18-30(36(4,34)35)23-10-8-9-21(16-23)19(3)31/h8-14,16,24H,5-7,15,17-18H2,1-4H3,(H,28,33)/t24-/m0/s1. The van der Waals surface area contributed by atoms with Gasteiger partial charge in [-0.2, -0.15) is 0 Å². The Kier molecular flexibility index (Phi) is 10.9. The third-order valence-electron chi connectivity index (χ3n) is 5.70. The van der Waals surface area contributed by atoms with Crippen molar-refractivity contribution >= 4 is 44.9 Å². The van der Waals surface area contributed by atoms with Gasteiger partial charge in [-0.15, -0.1) is 0 Å². The lowest BCUT2D eigenvalue weighted by Crippen LogP contribution is -2.52. The minimum atomic E-state index is -3.88. The molecule has 0 radical (unpaired) electrons. The molecule has 2 amide bonds. The molecule has 196 valence electrons. The highest BCUT2D eigenvalue weighted by Crippen LogP contribution is 2.22. The number of benzene rings is 2. The van der Waals surface area contributed by atoms with Crippen LogP contribution >= 0.6 is 11.6 Å². The molecule has 8 nitrogen and oxygen atoms in total. The third-order valence-corrected chi connectivity index (χ3v) is 7.09. The van der Waals surface area contributed by atoms with Crippen LogP contribution in [-0.2, 0) is 26.2 Å². The summed E-state index contributed by atoms with van der Waals surface area (Å²) in [6, 6.07) is 12.2. The van der Waals surface area contributed by atoms with Gasteiger partial charge in [0.25, 0.3) is 0 Å². The van der Waals surface area contributed by atoms with Crippen LogP contribution < -0.4 is 9.62 Å². The number of carbonyl (C=O) groups excluding carboxylic acids is 3. The first-order valence-electron chi connectivity index (χ1n) is 11.9. The molecule has 2 aromatic rings. The van der Waals surface area contributed by atoms with Crippen molar-refractivity contribution in [2.75, 3.05) is 23.7 Å². The molecule has 0 aliphatic heterocycles. The van der Waals surface area contributed by atoms with Gasteiger partial charge >= 0.3 is 0 Å². The normalized spacial score (nSPS) is 12.0. The van der Waals surface area contributed by atoms with Gasteiger partial charge in [-0.1, -0.05) is 56.1 Å². The molecule has 1 N–H and O–H groups in total. The third kappa shape index (κ3) is 8.34. The molecule has 0 aromatic heterocycles. The molecule has 0 saturated heterocycles. The van der Waals surface area contributed by atoms with E-state index in [1.807, 2.05) is 6.92 Å². The number of anilines is 1. The van der Waals surface area contributed by atoms with E-state index in [4.69, 9.17) is 11.6 Å². The molecule has 36 heavy (non-hydrogen) atoms. The van der Waals surface area contributed by atoms with E-state index in [0.29, 0.717) is 23.6 Å². The van der Waals surface area contributed by atoms with E-state index in [0.717, 1.165) is 29.0 Å². The number of unbranched alkanes of at least 4 members (excludes halogenated alkanes) is 1. The lowest BCUT2D eigenvalue weighted by Gasteiger charge is -2.33. The molecular formula is C26H34ClN3O5S. The van der Waals surface area contributed by atoms with E-state index >= 15 is 0 Å². The molecule has 0 aliphatic carbocycles. The van der Waals surface area contributed by atoms with Gasteiger partial charge in [0.05, 0.1) is 11.9 Å². The summed E-state index contributed by atoms with van der Waals surface area (Å²) in [5.41, 5.74) is 1.27. The number of carbonyl (C=O) groups is 3. The summed E-state index contributed by atoms with van der Waals surface area (Å²) >= 11 is 6.00. The largest absolute Gasteiger partial charge is 0.354 e. The number of Topliss-reactive ketones (excluding diaryl/α,β-unsaturated/α-hetero) is 1. The summed E-state index contributed by atoms with van der Waals surface area (Å²) in [5, 5.41) is 3.41. The van der Waals surface area contributed by atoms with Crippen LogP contribution in [0, 0.1) is 0 Å². The zero-order chi connectivity index (χ0) is 26.9. The number of ketones is 1.